The van der Waals surface area contributed by atoms with E-state index in [9.17, 15) is 0 Å². The Kier molecular flexibility index (Phi) is 2.90. The quantitative estimate of drug-likeness (QED) is 0.688. The molecule has 0 atom stereocenters. The van der Waals surface area contributed by atoms with E-state index in [1.165, 1.54) is 0 Å². The van der Waals surface area contributed by atoms with Crippen molar-refractivity contribution in [3.05, 3.63) is 42.2 Å². The van der Waals surface area contributed by atoms with E-state index >= 15 is 0 Å². The van der Waals surface area contributed by atoms with Gasteiger partial charge in [0, 0.05) is 17.3 Å². The van der Waals surface area contributed by atoms with Crippen LogP contribution in [0.25, 0.3) is 12.2 Å². The summed E-state index contributed by atoms with van der Waals surface area (Å²) in [5.41, 5.74) is 3.29. The predicted octanol–water partition coefficient (Wildman–Crippen LogP) is 3.67. The summed E-state index contributed by atoms with van der Waals surface area (Å²) in [6, 6.07) is 2.07. The van der Waals surface area contributed by atoms with Crippen LogP contribution in [-0.2, 0) is 5.41 Å². The molecule has 0 radical (unpaired) electrons. The van der Waals surface area contributed by atoms with Crippen molar-refractivity contribution < 1.29 is 0 Å². The second kappa shape index (κ2) is 3.79. The average Bonchev–Trinajstić information content (AvgIpc) is 2.15. The Labute approximate surface area is 86.2 Å². The Morgan fingerprint density at radius 1 is 1.14 bits per heavy atom. The number of rotatable bonds is 2. The molecule has 1 aromatic heterocycles. The monoisotopic (exact) mass is 187 g/mol. The lowest BCUT2D eigenvalue weighted by molar-refractivity contribution is 0.568. The fourth-order valence-corrected chi connectivity index (χ4v) is 1.24. The third-order valence-electron chi connectivity index (χ3n) is 2.18. The van der Waals surface area contributed by atoms with Gasteiger partial charge in [-0.1, -0.05) is 46.1 Å². The van der Waals surface area contributed by atoms with E-state index in [4.69, 9.17) is 0 Å². The van der Waals surface area contributed by atoms with E-state index in [0.29, 0.717) is 0 Å². The number of aromatic nitrogens is 1. The Morgan fingerprint density at radius 2 is 1.71 bits per heavy atom. The summed E-state index contributed by atoms with van der Waals surface area (Å²) in [7, 11) is 0. The zero-order chi connectivity index (χ0) is 10.8. The Hall–Kier alpha value is -1.37. The molecular weight excluding hydrogens is 170 g/mol. The van der Waals surface area contributed by atoms with E-state index in [1.807, 2.05) is 12.3 Å². The Bertz CT molecular complexity index is 356. The molecule has 0 aliphatic carbocycles. The first-order chi connectivity index (χ1) is 6.49. The molecule has 1 heterocycles. The van der Waals surface area contributed by atoms with Gasteiger partial charge in [0.15, 0.2) is 0 Å². The second-order valence-corrected chi connectivity index (χ2v) is 4.36. The van der Waals surface area contributed by atoms with Crippen LogP contribution in [0.2, 0.25) is 0 Å². The van der Waals surface area contributed by atoms with Crippen LogP contribution in [0.5, 0.6) is 0 Å². The molecule has 1 rings (SSSR count). The molecule has 14 heavy (non-hydrogen) atoms. The molecule has 74 valence electrons. The van der Waals surface area contributed by atoms with Gasteiger partial charge in [0.05, 0.1) is 0 Å². The first-order valence-electron chi connectivity index (χ1n) is 4.74. The van der Waals surface area contributed by atoms with Crippen molar-refractivity contribution in [1.82, 2.24) is 4.98 Å². The lowest BCUT2D eigenvalue weighted by Crippen LogP contribution is -2.13. The predicted molar refractivity (Wildman–Crippen MR) is 63.1 cm³/mol. The van der Waals surface area contributed by atoms with Crippen molar-refractivity contribution in [1.29, 1.82) is 0 Å². The first-order valence-corrected chi connectivity index (χ1v) is 4.74. The number of hydrogen-bond acceptors (Lipinski definition) is 1. The average molecular weight is 187 g/mol. The van der Waals surface area contributed by atoms with E-state index in [-0.39, 0.29) is 5.41 Å². The molecule has 0 aromatic carbocycles. The zero-order valence-corrected chi connectivity index (χ0v) is 9.17. The minimum Gasteiger partial charge on any atom is -0.260 e. The van der Waals surface area contributed by atoms with Gasteiger partial charge in [0.2, 0.25) is 0 Å². The number of hydrogen-bond donors (Lipinski definition) is 0. The van der Waals surface area contributed by atoms with Crippen molar-refractivity contribution in [2.75, 3.05) is 0 Å². The molecule has 1 nitrogen and oxygen atoms in total. The number of pyridine rings is 1. The van der Waals surface area contributed by atoms with Gasteiger partial charge in [-0.2, -0.15) is 0 Å². The molecule has 0 saturated carbocycles. The maximum atomic E-state index is 4.41. The van der Waals surface area contributed by atoms with E-state index in [0.717, 1.165) is 16.8 Å². The highest BCUT2D eigenvalue weighted by molar-refractivity contribution is 5.63. The molecule has 0 fully saturated rings. The first kappa shape index (κ1) is 10.7. The molecule has 0 aliphatic rings. The van der Waals surface area contributed by atoms with Crippen LogP contribution >= 0.6 is 0 Å². The van der Waals surface area contributed by atoms with Crippen molar-refractivity contribution in [2.24, 2.45) is 0 Å². The van der Waals surface area contributed by atoms with Crippen molar-refractivity contribution >= 4 is 12.2 Å². The molecule has 1 heteroatoms. The highest BCUT2D eigenvalue weighted by Crippen LogP contribution is 2.23. The van der Waals surface area contributed by atoms with E-state index in [2.05, 4.69) is 45.0 Å². The smallest absolute Gasteiger partial charge is 0.0463 e. The summed E-state index contributed by atoms with van der Waals surface area (Å²) < 4.78 is 0. The fourth-order valence-electron chi connectivity index (χ4n) is 1.24. The van der Waals surface area contributed by atoms with Crippen LogP contribution in [0.4, 0.5) is 0 Å². The molecule has 0 amide bonds. The summed E-state index contributed by atoms with van der Waals surface area (Å²) in [5.74, 6) is 0. The van der Waals surface area contributed by atoms with Crippen LogP contribution in [0.15, 0.2) is 25.4 Å². The minimum atomic E-state index is 0.0808. The summed E-state index contributed by atoms with van der Waals surface area (Å²) in [5, 5.41) is 0. The lowest BCUT2D eigenvalue weighted by Gasteiger charge is -2.18. The van der Waals surface area contributed by atoms with E-state index < -0.39 is 0 Å². The van der Waals surface area contributed by atoms with Crippen LogP contribution in [0.3, 0.4) is 0 Å². The molecule has 0 aliphatic heterocycles. The number of nitrogens with zero attached hydrogens (tertiary/aromatic N) is 1. The van der Waals surface area contributed by atoms with Crippen LogP contribution in [-0.4, -0.2) is 4.98 Å². The summed E-state index contributed by atoms with van der Waals surface area (Å²) >= 11 is 0. The zero-order valence-electron chi connectivity index (χ0n) is 9.17. The van der Waals surface area contributed by atoms with Crippen LogP contribution < -0.4 is 0 Å². The highest BCUT2D eigenvalue weighted by Gasteiger charge is 2.15. The third-order valence-corrected chi connectivity index (χ3v) is 2.18. The van der Waals surface area contributed by atoms with Gasteiger partial charge in [-0.25, -0.2) is 0 Å². The fraction of sp³-hybridized carbons (Fsp3) is 0.308. The minimum absolute atomic E-state index is 0.0808. The van der Waals surface area contributed by atoms with Gasteiger partial charge in [0.25, 0.3) is 0 Å². The molecule has 1 aromatic rings. The van der Waals surface area contributed by atoms with Gasteiger partial charge in [-0.05, 0) is 17.2 Å². The summed E-state index contributed by atoms with van der Waals surface area (Å²) in [4.78, 5) is 4.41. The van der Waals surface area contributed by atoms with Crippen molar-refractivity contribution in [3.8, 4) is 0 Å². The van der Waals surface area contributed by atoms with Crippen LogP contribution in [0.1, 0.15) is 37.6 Å². The lowest BCUT2D eigenvalue weighted by atomic mass is 9.90. The van der Waals surface area contributed by atoms with Crippen LogP contribution in [0, 0.1) is 0 Å². The molecule has 0 N–H and O–H groups in total. The van der Waals surface area contributed by atoms with Crippen molar-refractivity contribution in [3.63, 3.8) is 0 Å². The summed E-state index contributed by atoms with van der Waals surface area (Å²) in [6.45, 7) is 14.0. The van der Waals surface area contributed by atoms with Crippen molar-refractivity contribution in [2.45, 2.75) is 26.2 Å². The highest BCUT2D eigenvalue weighted by atomic mass is 14.7. The molecule has 0 unspecified atom stereocenters. The Balaban J connectivity index is 3.27. The maximum Gasteiger partial charge on any atom is 0.0463 e. The van der Waals surface area contributed by atoms with Gasteiger partial charge < -0.3 is 0 Å². The van der Waals surface area contributed by atoms with Gasteiger partial charge in [-0.15, -0.1) is 0 Å². The standard InChI is InChI=1S/C13H17N/c1-6-10-8-12(13(3,4)5)14-9-11(10)7-2/h6-9H,1-2H2,3-5H3. The van der Waals surface area contributed by atoms with Gasteiger partial charge in [-0.3, -0.25) is 4.98 Å². The third kappa shape index (κ3) is 2.11. The van der Waals surface area contributed by atoms with E-state index in [1.54, 1.807) is 6.08 Å². The van der Waals surface area contributed by atoms with Gasteiger partial charge in [0.1, 0.15) is 0 Å². The topological polar surface area (TPSA) is 12.9 Å². The van der Waals surface area contributed by atoms with Gasteiger partial charge >= 0.3 is 0 Å². The molecular formula is C13H17N. The normalized spacial score (nSPS) is 11.1. The SMILES string of the molecule is C=Cc1cnc(C(C)(C)C)cc1C=C. The second-order valence-electron chi connectivity index (χ2n) is 4.36. The summed E-state index contributed by atoms with van der Waals surface area (Å²) in [6.07, 6.45) is 5.50. The molecule has 0 saturated heterocycles. The Morgan fingerprint density at radius 3 is 2.14 bits per heavy atom. The largest absolute Gasteiger partial charge is 0.260 e. The molecule has 0 spiro atoms. The molecule has 0 bridgehead atoms. The maximum absolute atomic E-state index is 4.41.